The Morgan fingerprint density at radius 3 is 2.25 bits per heavy atom. The van der Waals surface area contributed by atoms with Crippen LogP contribution in [0.5, 0.6) is 0 Å². The standard InChI is InChI=1S/C29H32ClNO/c1-20-16-21(2)18-22(17-20)19-32-29-24-12-14-31(15-13-24)28(29)27(23-8-4-3-5-9-23)25-10-6-7-11-26(25)30/h3-11,16-18,24,27-29H,12-15,19H2,1-2H3. The summed E-state index contributed by atoms with van der Waals surface area (Å²) >= 11 is 6.79. The zero-order chi connectivity index (χ0) is 22.1. The first-order chi connectivity index (χ1) is 15.6. The number of ether oxygens (including phenoxy) is 1. The molecule has 3 saturated heterocycles. The minimum Gasteiger partial charge on any atom is -0.372 e. The number of fused-ring (bicyclic) bond motifs is 3. The van der Waals surface area contributed by atoms with E-state index >= 15 is 0 Å². The van der Waals surface area contributed by atoms with Crippen molar-refractivity contribution < 1.29 is 4.74 Å². The molecule has 3 atom stereocenters. The summed E-state index contributed by atoms with van der Waals surface area (Å²) in [5, 5.41) is 0.844. The largest absolute Gasteiger partial charge is 0.372 e. The van der Waals surface area contributed by atoms with Gasteiger partial charge in [-0.05, 0) is 68.5 Å². The SMILES string of the molecule is Cc1cc(C)cc(COC2C3CCN(CC3)C2C(c2ccccc2)c2ccccc2Cl)c1. The lowest BCUT2D eigenvalue weighted by Crippen LogP contribution is -2.60. The van der Waals surface area contributed by atoms with Crippen LogP contribution in [-0.4, -0.2) is 30.1 Å². The van der Waals surface area contributed by atoms with Gasteiger partial charge < -0.3 is 4.74 Å². The molecule has 3 unspecified atom stereocenters. The van der Waals surface area contributed by atoms with E-state index in [9.17, 15) is 0 Å². The van der Waals surface area contributed by atoms with E-state index in [1.54, 1.807) is 0 Å². The van der Waals surface area contributed by atoms with Crippen LogP contribution in [0.3, 0.4) is 0 Å². The molecule has 0 amide bonds. The number of benzene rings is 3. The Bertz CT molecular complexity index is 1040. The summed E-state index contributed by atoms with van der Waals surface area (Å²) in [5.41, 5.74) is 6.39. The average Bonchev–Trinajstić information content (AvgIpc) is 2.80. The molecule has 32 heavy (non-hydrogen) atoms. The first-order valence-electron chi connectivity index (χ1n) is 11.8. The van der Waals surface area contributed by atoms with Crippen molar-refractivity contribution >= 4 is 11.6 Å². The number of aryl methyl sites for hydroxylation is 2. The monoisotopic (exact) mass is 445 g/mol. The maximum atomic E-state index is 6.80. The third-order valence-corrected chi connectivity index (χ3v) is 7.61. The van der Waals surface area contributed by atoms with Gasteiger partial charge in [0.2, 0.25) is 0 Å². The van der Waals surface area contributed by atoms with Gasteiger partial charge in [-0.1, -0.05) is 89.5 Å². The molecule has 2 bridgehead atoms. The van der Waals surface area contributed by atoms with Crippen molar-refractivity contribution in [1.29, 1.82) is 0 Å². The van der Waals surface area contributed by atoms with E-state index in [2.05, 4.69) is 79.4 Å². The van der Waals surface area contributed by atoms with Crippen LogP contribution in [0, 0.1) is 19.8 Å². The van der Waals surface area contributed by atoms with E-state index < -0.39 is 0 Å². The van der Waals surface area contributed by atoms with Gasteiger partial charge in [-0.25, -0.2) is 0 Å². The van der Waals surface area contributed by atoms with Gasteiger partial charge in [-0.3, -0.25) is 4.90 Å². The van der Waals surface area contributed by atoms with Gasteiger partial charge in [0.1, 0.15) is 0 Å². The predicted octanol–water partition coefficient (Wildman–Crippen LogP) is 6.77. The molecule has 0 saturated carbocycles. The molecule has 3 fully saturated rings. The molecule has 0 N–H and O–H groups in total. The molecule has 3 heteroatoms. The van der Waals surface area contributed by atoms with Crippen LogP contribution in [0.25, 0.3) is 0 Å². The third-order valence-electron chi connectivity index (χ3n) is 7.26. The number of rotatable bonds is 6. The summed E-state index contributed by atoms with van der Waals surface area (Å²) in [6.45, 7) is 7.28. The van der Waals surface area contributed by atoms with Crippen molar-refractivity contribution in [2.75, 3.05) is 13.1 Å². The first-order valence-corrected chi connectivity index (χ1v) is 12.2. The van der Waals surface area contributed by atoms with E-state index in [0.29, 0.717) is 12.5 Å². The molecule has 3 aliphatic heterocycles. The number of hydrogen-bond donors (Lipinski definition) is 0. The molecule has 166 valence electrons. The Kier molecular flexibility index (Phi) is 6.37. The van der Waals surface area contributed by atoms with Gasteiger partial charge in [0.05, 0.1) is 12.7 Å². The van der Waals surface area contributed by atoms with Crippen molar-refractivity contribution in [2.45, 2.75) is 51.4 Å². The second kappa shape index (κ2) is 9.39. The Morgan fingerprint density at radius 1 is 0.906 bits per heavy atom. The van der Waals surface area contributed by atoms with Crippen LogP contribution in [0.1, 0.15) is 46.6 Å². The van der Waals surface area contributed by atoms with E-state index in [1.807, 2.05) is 12.1 Å². The van der Waals surface area contributed by atoms with Crippen LogP contribution in [0.4, 0.5) is 0 Å². The van der Waals surface area contributed by atoms with Crippen LogP contribution in [-0.2, 0) is 11.3 Å². The fourth-order valence-electron chi connectivity index (χ4n) is 5.96. The molecular formula is C29H32ClNO. The zero-order valence-corrected chi connectivity index (χ0v) is 19.8. The summed E-state index contributed by atoms with van der Waals surface area (Å²) in [4.78, 5) is 2.66. The van der Waals surface area contributed by atoms with E-state index in [0.717, 1.165) is 18.1 Å². The number of nitrogens with zero attached hydrogens (tertiary/aromatic N) is 1. The molecular weight excluding hydrogens is 414 g/mol. The zero-order valence-electron chi connectivity index (χ0n) is 19.0. The molecule has 0 aliphatic carbocycles. The summed E-state index contributed by atoms with van der Waals surface area (Å²) in [6, 6.07) is 26.2. The fourth-order valence-corrected chi connectivity index (χ4v) is 6.21. The quantitative estimate of drug-likeness (QED) is 0.415. The van der Waals surface area contributed by atoms with Crippen molar-refractivity contribution in [3.63, 3.8) is 0 Å². The molecule has 0 spiro atoms. The Balaban J connectivity index is 1.51. The van der Waals surface area contributed by atoms with Crippen LogP contribution < -0.4 is 0 Å². The average molecular weight is 446 g/mol. The lowest BCUT2D eigenvalue weighted by atomic mass is 9.72. The molecule has 3 aliphatic rings. The van der Waals surface area contributed by atoms with Crippen LogP contribution >= 0.6 is 11.6 Å². The minimum atomic E-state index is 0.192. The lowest BCUT2D eigenvalue weighted by Gasteiger charge is -2.53. The summed E-state index contributed by atoms with van der Waals surface area (Å²) in [5.74, 6) is 0.793. The molecule has 3 heterocycles. The molecule has 3 aromatic carbocycles. The second-order valence-electron chi connectivity index (χ2n) is 9.55. The molecule has 0 radical (unpaired) electrons. The topological polar surface area (TPSA) is 12.5 Å². The van der Waals surface area contributed by atoms with Crippen LogP contribution in [0.15, 0.2) is 72.8 Å². The number of piperidine rings is 3. The van der Waals surface area contributed by atoms with Crippen LogP contribution in [0.2, 0.25) is 5.02 Å². The third kappa shape index (κ3) is 4.37. The highest BCUT2D eigenvalue weighted by atomic mass is 35.5. The van der Waals surface area contributed by atoms with Gasteiger partial charge in [0.15, 0.2) is 0 Å². The minimum absolute atomic E-state index is 0.192. The van der Waals surface area contributed by atoms with Crippen molar-refractivity contribution in [3.8, 4) is 0 Å². The normalized spacial score (nSPS) is 25.6. The lowest BCUT2D eigenvalue weighted by molar-refractivity contribution is -0.120. The summed E-state index contributed by atoms with van der Waals surface area (Å²) in [6.07, 6.45) is 2.63. The molecule has 6 rings (SSSR count). The van der Waals surface area contributed by atoms with E-state index in [1.165, 1.54) is 40.7 Å². The molecule has 0 aromatic heterocycles. The van der Waals surface area contributed by atoms with E-state index in [4.69, 9.17) is 16.3 Å². The highest BCUT2D eigenvalue weighted by molar-refractivity contribution is 6.31. The summed E-state index contributed by atoms with van der Waals surface area (Å²) in [7, 11) is 0. The van der Waals surface area contributed by atoms with Gasteiger partial charge in [0.25, 0.3) is 0 Å². The molecule has 3 aromatic rings. The van der Waals surface area contributed by atoms with Gasteiger partial charge in [-0.2, -0.15) is 0 Å². The maximum absolute atomic E-state index is 6.80. The van der Waals surface area contributed by atoms with Gasteiger partial charge >= 0.3 is 0 Å². The van der Waals surface area contributed by atoms with Gasteiger partial charge in [0, 0.05) is 17.0 Å². The fraction of sp³-hybridized carbons (Fsp3) is 0.379. The van der Waals surface area contributed by atoms with Gasteiger partial charge in [-0.15, -0.1) is 0 Å². The molecule has 2 nitrogen and oxygen atoms in total. The Labute approximate surface area is 197 Å². The maximum Gasteiger partial charge on any atom is 0.0773 e. The smallest absolute Gasteiger partial charge is 0.0773 e. The van der Waals surface area contributed by atoms with Crippen molar-refractivity contribution in [3.05, 3.63) is 106 Å². The highest BCUT2D eigenvalue weighted by Gasteiger charge is 2.47. The van der Waals surface area contributed by atoms with E-state index in [-0.39, 0.29) is 18.1 Å². The summed E-state index contributed by atoms with van der Waals surface area (Å²) < 4.78 is 6.80. The van der Waals surface area contributed by atoms with Crippen molar-refractivity contribution in [2.24, 2.45) is 5.92 Å². The first kappa shape index (κ1) is 21.7. The predicted molar refractivity (Wildman–Crippen MR) is 132 cm³/mol. The number of halogens is 1. The van der Waals surface area contributed by atoms with Crippen molar-refractivity contribution in [1.82, 2.24) is 4.90 Å². The Hall–Kier alpha value is -2.13. The Morgan fingerprint density at radius 2 is 1.56 bits per heavy atom. The second-order valence-corrected chi connectivity index (χ2v) is 9.95. The highest BCUT2D eigenvalue weighted by Crippen LogP contribution is 2.45. The number of hydrogen-bond acceptors (Lipinski definition) is 2.